The number of nitro groups is 1. The summed E-state index contributed by atoms with van der Waals surface area (Å²) >= 11 is 6.09. The Bertz CT molecular complexity index is 719. The summed E-state index contributed by atoms with van der Waals surface area (Å²) in [6, 6.07) is 11.5. The molecule has 0 aromatic heterocycles. The van der Waals surface area contributed by atoms with Crippen molar-refractivity contribution in [3.63, 3.8) is 0 Å². The number of benzene rings is 2. The Labute approximate surface area is 132 Å². The van der Waals surface area contributed by atoms with Crippen LogP contribution in [0.15, 0.2) is 42.5 Å². The van der Waals surface area contributed by atoms with Gasteiger partial charge >= 0.3 is 0 Å². The first-order chi connectivity index (χ1) is 10.5. The Morgan fingerprint density at radius 1 is 1.27 bits per heavy atom. The monoisotopic (exact) mass is 319 g/mol. The van der Waals surface area contributed by atoms with Crippen LogP contribution in [0.25, 0.3) is 0 Å². The molecule has 0 bridgehead atoms. The van der Waals surface area contributed by atoms with E-state index in [0.29, 0.717) is 22.0 Å². The highest BCUT2D eigenvalue weighted by Crippen LogP contribution is 2.27. The molecule has 0 heterocycles. The van der Waals surface area contributed by atoms with Crippen LogP contribution in [0.2, 0.25) is 5.02 Å². The second-order valence-electron chi connectivity index (χ2n) is 4.62. The molecule has 0 unspecified atom stereocenters. The quantitative estimate of drug-likeness (QED) is 0.648. The van der Waals surface area contributed by atoms with E-state index in [1.165, 1.54) is 13.0 Å². The molecule has 0 fully saturated rings. The molecular formula is C15H14ClN3O3. The Balaban J connectivity index is 2.18. The van der Waals surface area contributed by atoms with Crippen LogP contribution in [-0.2, 0) is 11.3 Å². The number of rotatable bonds is 5. The molecule has 0 aliphatic heterocycles. The van der Waals surface area contributed by atoms with Crippen molar-refractivity contribution in [3.05, 3.63) is 63.2 Å². The summed E-state index contributed by atoms with van der Waals surface area (Å²) in [5.74, 6) is -0.188. The Hall–Kier alpha value is -2.60. The zero-order valence-corrected chi connectivity index (χ0v) is 12.6. The highest BCUT2D eigenvalue weighted by atomic mass is 35.5. The third kappa shape index (κ3) is 3.95. The summed E-state index contributed by atoms with van der Waals surface area (Å²) in [5, 5.41) is 17.1. The number of nitro benzene ring substituents is 1. The number of nitrogens with one attached hydrogen (secondary N) is 2. The van der Waals surface area contributed by atoms with Crippen molar-refractivity contribution in [1.29, 1.82) is 0 Å². The molecule has 2 N–H and O–H groups in total. The van der Waals surface area contributed by atoms with Crippen molar-refractivity contribution in [1.82, 2.24) is 0 Å². The summed E-state index contributed by atoms with van der Waals surface area (Å²) in [5.41, 5.74) is 1.78. The highest BCUT2D eigenvalue weighted by molar-refractivity contribution is 6.33. The van der Waals surface area contributed by atoms with Crippen LogP contribution in [0, 0.1) is 10.1 Å². The summed E-state index contributed by atoms with van der Waals surface area (Å²) in [7, 11) is 0. The number of anilines is 2. The third-order valence-electron chi connectivity index (χ3n) is 2.94. The van der Waals surface area contributed by atoms with E-state index in [9.17, 15) is 14.9 Å². The molecule has 2 rings (SSSR count). The van der Waals surface area contributed by atoms with E-state index in [1.807, 2.05) is 0 Å². The molecule has 2 aromatic rings. The summed E-state index contributed by atoms with van der Waals surface area (Å²) < 4.78 is 0. The first-order valence-electron chi connectivity index (χ1n) is 6.50. The van der Waals surface area contributed by atoms with Gasteiger partial charge in [-0.25, -0.2) is 0 Å². The molecule has 2 aromatic carbocycles. The smallest absolute Gasteiger partial charge is 0.274 e. The molecule has 0 saturated carbocycles. The molecule has 7 heteroatoms. The minimum Gasteiger partial charge on any atom is -0.379 e. The minimum atomic E-state index is -0.424. The van der Waals surface area contributed by atoms with Crippen molar-refractivity contribution in [2.75, 3.05) is 10.6 Å². The molecule has 0 saturated heterocycles. The molecule has 114 valence electrons. The van der Waals surface area contributed by atoms with Crippen molar-refractivity contribution in [2.45, 2.75) is 13.5 Å². The average Bonchev–Trinajstić information content (AvgIpc) is 2.47. The van der Waals surface area contributed by atoms with Gasteiger partial charge in [0.1, 0.15) is 0 Å². The number of carbonyl (C=O) groups excluding carboxylic acids is 1. The van der Waals surface area contributed by atoms with Crippen molar-refractivity contribution >= 4 is 34.6 Å². The van der Waals surface area contributed by atoms with Crippen LogP contribution < -0.4 is 10.6 Å². The second kappa shape index (κ2) is 6.91. The van der Waals surface area contributed by atoms with Gasteiger partial charge in [0.15, 0.2) is 0 Å². The molecule has 0 atom stereocenters. The SMILES string of the molecule is CC(=O)Nc1ccc(Cl)c(NCc2ccccc2[N+](=O)[O-])c1. The molecule has 0 aliphatic carbocycles. The summed E-state index contributed by atoms with van der Waals surface area (Å²) in [6.07, 6.45) is 0. The number of amides is 1. The van der Waals surface area contributed by atoms with Gasteiger partial charge in [0, 0.05) is 30.8 Å². The molecule has 0 aliphatic rings. The average molecular weight is 320 g/mol. The Morgan fingerprint density at radius 3 is 2.68 bits per heavy atom. The van der Waals surface area contributed by atoms with Crippen LogP contribution in [0.4, 0.5) is 17.1 Å². The van der Waals surface area contributed by atoms with Gasteiger partial charge in [-0.1, -0.05) is 29.8 Å². The zero-order valence-electron chi connectivity index (χ0n) is 11.8. The molecule has 6 nitrogen and oxygen atoms in total. The van der Waals surface area contributed by atoms with Crippen molar-refractivity contribution < 1.29 is 9.72 Å². The number of para-hydroxylation sites is 1. The van der Waals surface area contributed by atoms with E-state index in [-0.39, 0.29) is 18.1 Å². The summed E-state index contributed by atoms with van der Waals surface area (Å²) in [6.45, 7) is 1.66. The third-order valence-corrected chi connectivity index (χ3v) is 3.27. The number of hydrogen-bond acceptors (Lipinski definition) is 4. The maximum absolute atomic E-state index is 11.1. The number of nitrogens with zero attached hydrogens (tertiary/aromatic N) is 1. The summed E-state index contributed by atoms with van der Waals surface area (Å²) in [4.78, 5) is 21.6. The standard InChI is InChI=1S/C15H14ClN3O3/c1-10(20)18-12-6-7-13(16)14(8-12)17-9-11-4-2-3-5-15(11)19(21)22/h2-8,17H,9H2,1H3,(H,18,20). The predicted octanol–water partition coefficient (Wildman–Crippen LogP) is 3.82. The Morgan fingerprint density at radius 2 is 2.00 bits per heavy atom. The number of hydrogen-bond donors (Lipinski definition) is 2. The number of halogens is 1. The van der Waals surface area contributed by atoms with Gasteiger partial charge in [-0.05, 0) is 18.2 Å². The fraction of sp³-hybridized carbons (Fsp3) is 0.133. The van der Waals surface area contributed by atoms with Gasteiger partial charge in [0.05, 0.1) is 15.6 Å². The van der Waals surface area contributed by atoms with Gasteiger partial charge in [0.25, 0.3) is 5.69 Å². The maximum Gasteiger partial charge on any atom is 0.274 e. The van der Waals surface area contributed by atoms with Crippen molar-refractivity contribution in [3.8, 4) is 0 Å². The fourth-order valence-electron chi connectivity index (χ4n) is 1.97. The van der Waals surface area contributed by atoms with Crippen LogP contribution in [-0.4, -0.2) is 10.8 Å². The Kier molecular flexibility index (Phi) is 4.95. The van der Waals surface area contributed by atoms with Crippen LogP contribution >= 0.6 is 11.6 Å². The van der Waals surface area contributed by atoms with Gasteiger partial charge in [-0.3, -0.25) is 14.9 Å². The topological polar surface area (TPSA) is 84.3 Å². The molecule has 0 radical (unpaired) electrons. The molecule has 0 spiro atoms. The zero-order chi connectivity index (χ0) is 16.1. The van der Waals surface area contributed by atoms with E-state index in [4.69, 9.17) is 11.6 Å². The van der Waals surface area contributed by atoms with E-state index in [0.717, 1.165) is 0 Å². The first kappa shape index (κ1) is 15.8. The van der Waals surface area contributed by atoms with Crippen LogP contribution in [0.3, 0.4) is 0 Å². The molecule has 1 amide bonds. The van der Waals surface area contributed by atoms with E-state index < -0.39 is 4.92 Å². The maximum atomic E-state index is 11.1. The second-order valence-corrected chi connectivity index (χ2v) is 5.02. The van der Waals surface area contributed by atoms with Gasteiger partial charge in [0.2, 0.25) is 5.91 Å². The molecule has 22 heavy (non-hydrogen) atoms. The van der Waals surface area contributed by atoms with E-state index in [1.54, 1.807) is 36.4 Å². The first-order valence-corrected chi connectivity index (χ1v) is 6.88. The lowest BCUT2D eigenvalue weighted by Crippen LogP contribution is -2.07. The number of carbonyl (C=O) groups is 1. The largest absolute Gasteiger partial charge is 0.379 e. The van der Waals surface area contributed by atoms with E-state index in [2.05, 4.69) is 10.6 Å². The normalized spacial score (nSPS) is 10.1. The lowest BCUT2D eigenvalue weighted by atomic mass is 10.1. The lowest BCUT2D eigenvalue weighted by molar-refractivity contribution is -0.385. The lowest BCUT2D eigenvalue weighted by Gasteiger charge is -2.11. The predicted molar refractivity (Wildman–Crippen MR) is 86.2 cm³/mol. The van der Waals surface area contributed by atoms with Crippen LogP contribution in [0.1, 0.15) is 12.5 Å². The van der Waals surface area contributed by atoms with Crippen molar-refractivity contribution in [2.24, 2.45) is 0 Å². The van der Waals surface area contributed by atoms with Gasteiger partial charge in [-0.2, -0.15) is 0 Å². The molecular weight excluding hydrogens is 306 g/mol. The van der Waals surface area contributed by atoms with Crippen LogP contribution in [0.5, 0.6) is 0 Å². The van der Waals surface area contributed by atoms with E-state index >= 15 is 0 Å². The highest BCUT2D eigenvalue weighted by Gasteiger charge is 2.12. The fourth-order valence-corrected chi connectivity index (χ4v) is 2.16. The minimum absolute atomic E-state index is 0.0455. The van der Waals surface area contributed by atoms with Gasteiger partial charge in [-0.15, -0.1) is 0 Å². The van der Waals surface area contributed by atoms with Gasteiger partial charge < -0.3 is 10.6 Å².